The van der Waals surface area contributed by atoms with Crippen LogP contribution in [-0.4, -0.2) is 17.6 Å². The summed E-state index contributed by atoms with van der Waals surface area (Å²) in [6.07, 6.45) is 0.373. The molecule has 0 bridgehead atoms. The second kappa shape index (κ2) is 7.11. The van der Waals surface area contributed by atoms with Gasteiger partial charge in [0.1, 0.15) is 5.76 Å². The fraction of sp³-hybridized carbons (Fsp3) is 0.412. The molecule has 0 saturated heterocycles. The number of amides is 1. The summed E-state index contributed by atoms with van der Waals surface area (Å²) in [7, 11) is 0. The molecule has 1 heterocycles. The molecular weight excluding hydrogens is 278 g/mol. The van der Waals surface area contributed by atoms with Crippen LogP contribution in [0.5, 0.6) is 0 Å². The van der Waals surface area contributed by atoms with Gasteiger partial charge < -0.3 is 15.2 Å². The predicted molar refractivity (Wildman–Crippen MR) is 88.2 cm³/mol. The Hall–Kier alpha value is -2.30. The Morgan fingerprint density at radius 3 is 2.73 bits per heavy atom. The topological polar surface area (TPSA) is 67.2 Å². The molecule has 0 aliphatic heterocycles. The van der Waals surface area contributed by atoms with E-state index in [9.17, 15) is 4.79 Å². The molecule has 0 fully saturated rings. The third-order valence-electron chi connectivity index (χ3n) is 3.48. The molecule has 0 radical (unpaired) electrons. The van der Waals surface area contributed by atoms with Crippen LogP contribution in [0.25, 0.3) is 0 Å². The van der Waals surface area contributed by atoms with Crippen molar-refractivity contribution in [2.75, 3.05) is 17.2 Å². The van der Waals surface area contributed by atoms with Crippen molar-refractivity contribution in [3.05, 3.63) is 41.2 Å². The molecule has 0 spiro atoms. The first-order chi connectivity index (χ1) is 10.5. The first kappa shape index (κ1) is 16.1. The van der Waals surface area contributed by atoms with Crippen LogP contribution < -0.4 is 10.6 Å². The van der Waals surface area contributed by atoms with E-state index in [1.807, 2.05) is 26.0 Å². The monoisotopic (exact) mass is 301 g/mol. The summed E-state index contributed by atoms with van der Waals surface area (Å²) in [4.78, 5) is 12.1. The zero-order chi connectivity index (χ0) is 16.1. The van der Waals surface area contributed by atoms with E-state index in [1.54, 1.807) is 6.07 Å². The van der Waals surface area contributed by atoms with E-state index in [0.29, 0.717) is 24.7 Å². The van der Waals surface area contributed by atoms with E-state index in [0.717, 1.165) is 22.6 Å². The van der Waals surface area contributed by atoms with Gasteiger partial charge in [-0.1, -0.05) is 37.2 Å². The summed E-state index contributed by atoms with van der Waals surface area (Å²) in [5.41, 5.74) is 3.17. The Morgan fingerprint density at radius 2 is 2.09 bits per heavy atom. The molecule has 2 rings (SSSR count). The summed E-state index contributed by atoms with van der Waals surface area (Å²) in [5, 5.41) is 9.93. The molecule has 22 heavy (non-hydrogen) atoms. The van der Waals surface area contributed by atoms with Crippen LogP contribution in [0.15, 0.2) is 28.8 Å². The minimum Gasteiger partial charge on any atom is -0.367 e. The minimum absolute atomic E-state index is 0.0103. The highest BCUT2D eigenvalue weighted by Gasteiger charge is 2.12. The molecule has 0 aliphatic carbocycles. The number of benzene rings is 1. The Labute approximate surface area is 131 Å². The fourth-order valence-electron chi connectivity index (χ4n) is 2.30. The Morgan fingerprint density at radius 1 is 1.32 bits per heavy atom. The van der Waals surface area contributed by atoms with Gasteiger partial charge in [0.05, 0.1) is 0 Å². The van der Waals surface area contributed by atoms with E-state index in [1.165, 1.54) is 0 Å². The largest absolute Gasteiger partial charge is 0.367 e. The average molecular weight is 301 g/mol. The van der Waals surface area contributed by atoms with Gasteiger partial charge in [0, 0.05) is 24.7 Å². The van der Waals surface area contributed by atoms with Crippen LogP contribution in [0.3, 0.4) is 0 Å². The van der Waals surface area contributed by atoms with Gasteiger partial charge in [-0.05, 0) is 30.9 Å². The SMILES string of the molecule is Cc1cc(NCCC(=O)Nc2c(C)cccc2C(C)C)no1. The van der Waals surface area contributed by atoms with Crippen molar-refractivity contribution in [3.8, 4) is 0 Å². The highest BCUT2D eigenvalue weighted by molar-refractivity contribution is 5.92. The van der Waals surface area contributed by atoms with Crippen molar-refractivity contribution in [2.45, 2.75) is 40.0 Å². The second-order valence-electron chi connectivity index (χ2n) is 5.74. The molecule has 5 heteroatoms. The van der Waals surface area contributed by atoms with Crippen molar-refractivity contribution in [1.29, 1.82) is 0 Å². The van der Waals surface area contributed by atoms with Crippen molar-refractivity contribution < 1.29 is 9.32 Å². The van der Waals surface area contributed by atoms with Gasteiger partial charge in [0.15, 0.2) is 5.82 Å². The number of hydrogen-bond acceptors (Lipinski definition) is 4. The summed E-state index contributed by atoms with van der Waals surface area (Å²) < 4.78 is 4.96. The molecule has 2 N–H and O–H groups in total. The van der Waals surface area contributed by atoms with Crippen LogP contribution in [0.4, 0.5) is 11.5 Å². The smallest absolute Gasteiger partial charge is 0.226 e. The zero-order valence-electron chi connectivity index (χ0n) is 13.6. The third-order valence-corrected chi connectivity index (χ3v) is 3.48. The lowest BCUT2D eigenvalue weighted by Gasteiger charge is -2.16. The Balaban J connectivity index is 1.92. The molecule has 1 amide bonds. The number of nitrogens with zero attached hydrogens (tertiary/aromatic N) is 1. The average Bonchev–Trinajstić information content (AvgIpc) is 2.86. The fourth-order valence-corrected chi connectivity index (χ4v) is 2.30. The summed E-state index contributed by atoms with van der Waals surface area (Å²) in [6.45, 7) is 8.60. The maximum absolute atomic E-state index is 12.1. The molecule has 0 saturated carbocycles. The first-order valence-corrected chi connectivity index (χ1v) is 7.54. The summed E-state index contributed by atoms with van der Waals surface area (Å²) in [5.74, 6) is 1.76. The van der Waals surface area contributed by atoms with E-state index in [-0.39, 0.29) is 5.91 Å². The van der Waals surface area contributed by atoms with Gasteiger partial charge in [0.25, 0.3) is 0 Å². The van der Waals surface area contributed by atoms with Gasteiger partial charge in [-0.15, -0.1) is 0 Å². The number of hydrogen-bond donors (Lipinski definition) is 2. The number of aromatic nitrogens is 1. The van der Waals surface area contributed by atoms with Gasteiger partial charge in [-0.25, -0.2) is 0 Å². The zero-order valence-corrected chi connectivity index (χ0v) is 13.6. The highest BCUT2D eigenvalue weighted by Crippen LogP contribution is 2.27. The quantitative estimate of drug-likeness (QED) is 0.850. The molecule has 0 atom stereocenters. The van der Waals surface area contributed by atoms with E-state index in [4.69, 9.17) is 4.52 Å². The van der Waals surface area contributed by atoms with Crippen LogP contribution in [-0.2, 0) is 4.79 Å². The second-order valence-corrected chi connectivity index (χ2v) is 5.74. The van der Waals surface area contributed by atoms with Crippen molar-refractivity contribution in [3.63, 3.8) is 0 Å². The van der Waals surface area contributed by atoms with E-state index in [2.05, 4.69) is 35.7 Å². The standard InChI is InChI=1S/C17H23N3O2/c1-11(2)14-7-5-6-12(3)17(14)19-16(21)8-9-18-15-10-13(4)22-20-15/h5-7,10-11H,8-9H2,1-4H3,(H,18,20)(H,19,21). The number of carbonyl (C=O) groups is 1. The number of nitrogens with one attached hydrogen (secondary N) is 2. The lowest BCUT2D eigenvalue weighted by atomic mass is 9.98. The van der Waals surface area contributed by atoms with Gasteiger partial charge in [-0.3, -0.25) is 4.79 Å². The van der Waals surface area contributed by atoms with Gasteiger partial charge in [-0.2, -0.15) is 0 Å². The minimum atomic E-state index is -0.0103. The number of aryl methyl sites for hydroxylation is 2. The number of rotatable bonds is 6. The van der Waals surface area contributed by atoms with Crippen molar-refractivity contribution >= 4 is 17.4 Å². The Kier molecular flexibility index (Phi) is 5.20. The Bertz CT molecular complexity index is 647. The normalized spacial score (nSPS) is 10.8. The van der Waals surface area contributed by atoms with Crippen molar-refractivity contribution in [1.82, 2.24) is 5.16 Å². The van der Waals surface area contributed by atoms with Gasteiger partial charge >= 0.3 is 0 Å². The maximum Gasteiger partial charge on any atom is 0.226 e. The molecule has 5 nitrogen and oxygen atoms in total. The number of para-hydroxylation sites is 1. The summed E-state index contributed by atoms with van der Waals surface area (Å²) >= 11 is 0. The molecule has 1 aromatic carbocycles. The third kappa shape index (κ3) is 4.10. The van der Waals surface area contributed by atoms with Crippen LogP contribution in [0, 0.1) is 13.8 Å². The number of carbonyl (C=O) groups excluding carboxylic acids is 1. The van der Waals surface area contributed by atoms with Gasteiger partial charge in [0.2, 0.25) is 5.91 Å². The van der Waals surface area contributed by atoms with E-state index < -0.39 is 0 Å². The molecular formula is C17H23N3O2. The highest BCUT2D eigenvalue weighted by atomic mass is 16.5. The molecule has 118 valence electrons. The van der Waals surface area contributed by atoms with Crippen LogP contribution in [0.1, 0.15) is 43.1 Å². The van der Waals surface area contributed by atoms with Crippen LogP contribution >= 0.6 is 0 Å². The lowest BCUT2D eigenvalue weighted by molar-refractivity contribution is -0.115. The number of anilines is 2. The molecule has 0 aliphatic rings. The maximum atomic E-state index is 12.1. The molecule has 1 aromatic heterocycles. The van der Waals surface area contributed by atoms with E-state index >= 15 is 0 Å². The molecule has 0 unspecified atom stereocenters. The van der Waals surface area contributed by atoms with Crippen molar-refractivity contribution in [2.24, 2.45) is 0 Å². The van der Waals surface area contributed by atoms with Crippen LogP contribution in [0.2, 0.25) is 0 Å². The first-order valence-electron chi connectivity index (χ1n) is 7.54. The predicted octanol–water partition coefficient (Wildman–Crippen LogP) is 3.86. The lowest BCUT2D eigenvalue weighted by Crippen LogP contribution is -2.18. The summed E-state index contributed by atoms with van der Waals surface area (Å²) in [6, 6.07) is 7.90. The molecule has 2 aromatic rings.